The van der Waals surface area contributed by atoms with E-state index >= 15 is 0 Å². The molecular weight excluding hydrogens is 136 g/mol. The highest BCUT2D eigenvalue weighted by molar-refractivity contribution is 5.43. The van der Waals surface area contributed by atoms with Crippen LogP contribution in [0.3, 0.4) is 0 Å². The molecule has 0 aliphatic rings. The predicted molar refractivity (Wildman–Crippen MR) is 45.9 cm³/mol. The van der Waals surface area contributed by atoms with Crippen molar-refractivity contribution in [1.29, 1.82) is 0 Å². The molecule has 0 atom stereocenters. The fourth-order valence-corrected chi connectivity index (χ4v) is 0.779. The lowest BCUT2D eigenvalue weighted by atomic mass is 10.2. The van der Waals surface area contributed by atoms with E-state index in [2.05, 4.69) is 16.8 Å². The Bertz CT molecular complexity index is 277. The third-order valence-corrected chi connectivity index (χ3v) is 1.36. The molecule has 0 bridgehead atoms. The highest BCUT2D eigenvalue weighted by atomic mass is 15.1. The van der Waals surface area contributed by atoms with E-state index in [1.165, 1.54) is 6.20 Å². The van der Waals surface area contributed by atoms with E-state index in [0.717, 1.165) is 11.3 Å². The largest absolute Gasteiger partial charge is 0.159 e. The number of benzene rings is 1. The van der Waals surface area contributed by atoms with Crippen molar-refractivity contribution in [3.05, 3.63) is 42.6 Å². The Morgan fingerprint density at radius 3 is 2.73 bits per heavy atom. The van der Waals surface area contributed by atoms with Crippen molar-refractivity contribution in [2.24, 2.45) is 10.2 Å². The summed E-state index contributed by atoms with van der Waals surface area (Å²) < 4.78 is 0. The van der Waals surface area contributed by atoms with Crippen molar-refractivity contribution in [2.75, 3.05) is 0 Å². The average Bonchev–Trinajstić information content (AvgIpc) is 2.03. The summed E-state index contributed by atoms with van der Waals surface area (Å²) in [6.45, 7) is 5.44. The van der Waals surface area contributed by atoms with E-state index in [1.54, 1.807) is 0 Å². The van der Waals surface area contributed by atoms with Gasteiger partial charge in [-0.2, -0.15) is 10.2 Å². The van der Waals surface area contributed by atoms with Gasteiger partial charge in [-0.1, -0.05) is 24.8 Å². The molecule has 0 aliphatic carbocycles. The van der Waals surface area contributed by atoms with Crippen LogP contribution in [-0.2, 0) is 0 Å². The Hall–Kier alpha value is -1.44. The molecule has 2 heteroatoms. The van der Waals surface area contributed by atoms with Crippen LogP contribution in [0.5, 0.6) is 0 Å². The summed E-state index contributed by atoms with van der Waals surface area (Å²) in [6.07, 6.45) is 1.42. The first-order valence-corrected chi connectivity index (χ1v) is 3.42. The second-order valence-electron chi connectivity index (χ2n) is 2.18. The molecular formula is C9H10N2. The van der Waals surface area contributed by atoms with Crippen molar-refractivity contribution in [3.8, 4) is 0 Å². The monoisotopic (exact) mass is 146 g/mol. The van der Waals surface area contributed by atoms with Gasteiger partial charge in [-0.3, -0.25) is 0 Å². The maximum atomic E-state index is 3.93. The Morgan fingerprint density at radius 1 is 1.36 bits per heavy atom. The van der Waals surface area contributed by atoms with Gasteiger partial charge in [-0.25, -0.2) is 0 Å². The SMILES string of the molecule is C=C/N=N\c1ccccc1C. The van der Waals surface area contributed by atoms with Crippen LogP contribution >= 0.6 is 0 Å². The quantitative estimate of drug-likeness (QED) is 0.572. The van der Waals surface area contributed by atoms with Gasteiger partial charge >= 0.3 is 0 Å². The van der Waals surface area contributed by atoms with Crippen molar-refractivity contribution in [1.82, 2.24) is 0 Å². The van der Waals surface area contributed by atoms with Gasteiger partial charge in [0.05, 0.1) is 5.69 Å². The molecule has 0 amide bonds. The predicted octanol–water partition coefficient (Wildman–Crippen LogP) is 3.22. The molecule has 0 saturated heterocycles. The Morgan fingerprint density at radius 2 is 2.09 bits per heavy atom. The summed E-state index contributed by atoms with van der Waals surface area (Å²) in [7, 11) is 0. The maximum Gasteiger partial charge on any atom is 0.0885 e. The minimum absolute atomic E-state index is 0.896. The Labute approximate surface area is 66.3 Å². The van der Waals surface area contributed by atoms with Gasteiger partial charge in [0.25, 0.3) is 0 Å². The van der Waals surface area contributed by atoms with E-state index in [-0.39, 0.29) is 0 Å². The van der Waals surface area contributed by atoms with Crippen LogP contribution in [0.15, 0.2) is 47.3 Å². The summed E-state index contributed by atoms with van der Waals surface area (Å²) in [5.74, 6) is 0. The molecule has 0 radical (unpaired) electrons. The number of nitrogens with zero attached hydrogens (tertiary/aromatic N) is 2. The molecule has 1 rings (SSSR count). The Balaban J connectivity index is 2.94. The minimum atomic E-state index is 0.896. The van der Waals surface area contributed by atoms with Crippen LogP contribution in [0, 0.1) is 6.92 Å². The number of aryl methyl sites for hydroxylation is 1. The molecule has 0 spiro atoms. The van der Waals surface area contributed by atoms with E-state index in [1.807, 2.05) is 31.2 Å². The normalized spacial score (nSPS) is 10.3. The van der Waals surface area contributed by atoms with Gasteiger partial charge in [0.15, 0.2) is 0 Å². The van der Waals surface area contributed by atoms with Crippen molar-refractivity contribution < 1.29 is 0 Å². The number of hydrogen-bond donors (Lipinski definition) is 0. The van der Waals surface area contributed by atoms with E-state index in [0.29, 0.717) is 0 Å². The molecule has 2 nitrogen and oxygen atoms in total. The van der Waals surface area contributed by atoms with E-state index in [4.69, 9.17) is 0 Å². The van der Waals surface area contributed by atoms with Gasteiger partial charge in [0, 0.05) is 6.20 Å². The highest BCUT2D eigenvalue weighted by Gasteiger charge is 1.90. The zero-order chi connectivity index (χ0) is 8.10. The lowest BCUT2D eigenvalue weighted by Gasteiger charge is -1.94. The van der Waals surface area contributed by atoms with Crippen LogP contribution < -0.4 is 0 Å². The second kappa shape index (κ2) is 3.66. The second-order valence-corrected chi connectivity index (χ2v) is 2.18. The zero-order valence-electron chi connectivity index (χ0n) is 6.49. The molecule has 0 fully saturated rings. The van der Waals surface area contributed by atoms with Crippen LogP contribution in [-0.4, -0.2) is 0 Å². The first kappa shape index (κ1) is 7.66. The molecule has 0 heterocycles. The summed E-state index contributed by atoms with van der Waals surface area (Å²) in [5.41, 5.74) is 2.02. The standard InChI is InChI=1S/C9H10N2/c1-3-10-11-9-7-5-4-6-8(9)2/h3-7H,1H2,2H3/b11-10-. The number of hydrogen-bond acceptors (Lipinski definition) is 2. The van der Waals surface area contributed by atoms with Gasteiger partial charge in [-0.05, 0) is 18.6 Å². The highest BCUT2D eigenvalue weighted by Crippen LogP contribution is 2.16. The maximum absolute atomic E-state index is 3.93. The fraction of sp³-hybridized carbons (Fsp3) is 0.111. The Kier molecular flexibility index (Phi) is 2.55. The minimum Gasteiger partial charge on any atom is -0.159 e. The molecule has 1 aromatic carbocycles. The fourth-order valence-electron chi connectivity index (χ4n) is 0.779. The van der Waals surface area contributed by atoms with Crippen molar-refractivity contribution >= 4 is 5.69 Å². The lowest BCUT2D eigenvalue weighted by molar-refractivity contribution is 1.21. The lowest BCUT2D eigenvalue weighted by Crippen LogP contribution is -1.69. The molecule has 56 valence electrons. The van der Waals surface area contributed by atoms with E-state index in [9.17, 15) is 0 Å². The van der Waals surface area contributed by atoms with Gasteiger partial charge in [0.1, 0.15) is 0 Å². The summed E-state index contributed by atoms with van der Waals surface area (Å²) >= 11 is 0. The average molecular weight is 146 g/mol. The molecule has 1 aromatic rings. The van der Waals surface area contributed by atoms with Crippen molar-refractivity contribution in [2.45, 2.75) is 6.92 Å². The van der Waals surface area contributed by atoms with Gasteiger partial charge < -0.3 is 0 Å². The van der Waals surface area contributed by atoms with Crippen LogP contribution in [0.2, 0.25) is 0 Å². The summed E-state index contributed by atoms with van der Waals surface area (Å²) in [4.78, 5) is 0. The third kappa shape index (κ3) is 2.00. The molecule has 0 aromatic heterocycles. The van der Waals surface area contributed by atoms with Crippen LogP contribution in [0.1, 0.15) is 5.56 Å². The smallest absolute Gasteiger partial charge is 0.0885 e. The van der Waals surface area contributed by atoms with Gasteiger partial charge in [-0.15, -0.1) is 0 Å². The first-order chi connectivity index (χ1) is 5.34. The van der Waals surface area contributed by atoms with Crippen LogP contribution in [0.25, 0.3) is 0 Å². The number of rotatable bonds is 2. The molecule has 0 aliphatic heterocycles. The topological polar surface area (TPSA) is 24.7 Å². The zero-order valence-corrected chi connectivity index (χ0v) is 6.49. The van der Waals surface area contributed by atoms with Crippen molar-refractivity contribution in [3.63, 3.8) is 0 Å². The molecule has 0 saturated carbocycles. The molecule has 11 heavy (non-hydrogen) atoms. The van der Waals surface area contributed by atoms with E-state index < -0.39 is 0 Å². The molecule has 0 unspecified atom stereocenters. The van der Waals surface area contributed by atoms with Gasteiger partial charge in [0.2, 0.25) is 0 Å². The number of azo groups is 1. The first-order valence-electron chi connectivity index (χ1n) is 3.42. The third-order valence-electron chi connectivity index (χ3n) is 1.36. The summed E-state index contributed by atoms with van der Waals surface area (Å²) in [6, 6.07) is 7.83. The van der Waals surface area contributed by atoms with Crippen LogP contribution in [0.4, 0.5) is 5.69 Å². The molecule has 0 N–H and O–H groups in total. The summed E-state index contributed by atoms with van der Waals surface area (Å²) in [5, 5.41) is 7.62.